The smallest absolute Gasteiger partial charge is 0.240 e. The van der Waals surface area contributed by atoms with Crippen LogP contribution in [0.4, 0.5) is 4.39 Å². The van der Waals surface area contributed by atoms with E-state index >= 15 is 0 Å². The van der Waals surface area contributed by atoms with Gasteiger partial charge in [-0.25, -0.2) is 4.39 Å². The highest BCUT2D eigenvalue weighted by Crippen LogP contribution is 2.32. The summed E-state index contributed by atoms with van der Waals surface area (Å²) < 4.78 is 19.0. The molecule has 0 bridgehead atoms. The number of carbonyl (C=O) groups is 1. The van der Waals surface area contributed by atoms with Crippen LogP contribution in [0.3, 0.4) is 0 Å². The van der Waals surface area contributed by atoms with Crippen molar-refractivity contribution in [1.29, 1.82) is 0 Å². The monoisotopic (exact) mass is 370 g/mol. The molecule has 1 aromatic carbocycles. The quantitative estimate of drug-likeness (QED) is 0.803. The highest BCUT2D eigenvalue weighted by atomic mass is 35.5. The number of amides is 1. The average molecular weight is 372 g/mol. The molecule has 0 saturated carbocycles. The van der Waals surface area contributed by atoms with Crippen molar-refractivity contribution >= 4 is 41.5 Å². The molecule has 1 heterocycles. The van der Waals surface area contributed by atoms with Crippen LogP contribution in [0.2, 0.25) is 10.0 Å². The Hall–Kier alpha value is -0.590. The predicted molar refractivity (Wildman–Crippen MR) is 87.4 cm³/mol. The molecule has 4 nitrogen and oxygen atoms in total. The first-order chi connectivity index (χ1) is 9.91. The second kappa shape index (κ2) is 8.31. The fraction of sp³-hybridized carbons (Fsp3) is 0.500. The third-order valence-electron chi connectivity index (χ3n) is 3.47. The summed E-state index contributed by atoms with van der Waals surface area (Å²) in [5.74, 6) is -0.796. The van der Waals surface area contributed by atoms with Crippen molar-refractivity contribution < 1.29 is 13.9 Å². The van der Waals surface area contributed by atoms with Crippen molar-refractivity contribution in [2.24, 2.45) is 0 Å². The lowest BCUT2D eigenvalue weighted by molar-refractivity contribution is -0.129. The number of halogens is 4. The summed E-state index contributed by atoms with van der Waals surface area (Å²) in [6, 6.07) is 1.66. The predicted octanol–water partition coefficient (Wildman–Crippen LogP) is 3.11. The summed E-state index contributed by atoms with van der Waals surface area (Å²) in [6.45, 7) is 4.71. The van der Waals surface area contributed by atoms with Crippen LogP contribution in [0.1, 0.15) is 25.5 Å². The SMILES string of the molecule is CC(NC(=O)[C@H]1NCCO[C@@H]1C)c1c(Cl)ccc(F)c1Cl.Cl. The number of benzene rings is 1. The molecule has 2 rings (SSSR count). The molecule has 1 amide bonds. The number of morpholine rings is 1. The third-order valence-corrected chi connectivity index (χ3v) is 4.18. The lowest BCUT2D eigenvalue weighted by Crippen LogP contribution is -2.55. The van der Waals surface area contributed by atoms with Crippen LogP contribution in [0.15, 0.2) is 12.1 Å². The van der Waals surface area contributed by atoms with Crippen molar-refractivity contribution in [3.05, 3.63) is 33.6 Å². The van der Waals surface area contributed by atoms with Crippen molar-refractivity contribution in [2.75, 3.05) is 13.2 Å². The normalized spacial score (nSPS) is 22.6. The minimum atomic E-state index is -0.565. The van der Waals surface area contributed by atoms with Crippen LogP contribution >= 0.6 is 35.6 Å². The Balaban J connectivity index is 0.00000242. The largest absolute Gasteiger partial charge is 0.375 e. The molecule has 3 atom stereocenters. The van der Waals surface area contributed by atoms with Crippen molar-refractivity contribution in [3.63, 3.8) is 0 Å². The van der Waals surface area contributed by atoms with Gasteiger partial charge in [0.05, 0.1) is 23.8 Å². The number of nitrogens with one attached hydrogen (secondary N) is 2. The molecule has 1 aliphatic heterocycles. The van der Waals surface area contributed by atoms with Gasteiger partial charge in [0.1, 0.15) is 11.9 Å². The second-order valence-corrected chi connectivity index (χ2v) is 5.78. The van der Waals surface area contributed by atoms with Gasteiger partial charge in [-0.2, -0.15) is 0 Å². The number of rotatable bonds is 3. The lowest BCUT2D eigenvalue weighted by atomic mass is 10.1. The van der Waals surface area contributed by atoms with Crippen molar-refractivity contribution in [1.82, 2.24) is 10.6 Å². The molecule has 8 heteroatoms. The zero-order chi connectivity index (χ0) is 15.6. The molecular formula is C14H18Cl3FN2O2. The Kier molecular flexibility index (Phi) is 7.35. The summed E-state index contributed by atoms with van der Waals surface area (Å²) in [4.78, 5) is 12.3. The van der Waals surface area contributed by atoms with Gasteiger partial charge in [-0.3, -0.25) is 4.79 Å². The Morgan fingerprint density at radius 2 is 2.18 bits per heavy atom. The molecule has 1 fully saturated rings. The summed E-state index contributed by atoms with van der Waals surface area (Å²) in [5.41, 5.74) is 0.371. The zero-order valence-corrected chi connectivity index (χ0v) is 14.5. The number of ether oxygens (including phenoxy) is 1. The van der Waals surface area contributed by atoms with Gasteiger partial charge >= 0.3 is 0 Å². The summed E-state index contributed by atoms with van der Waals surface area (Å²) in [6.07, 6.45) is -0.232. The van der Waals surface area contributed by atoms with Gasteiger partial charge in [-0.1, -0.05) is 23.2 Å². The van der Waals surface area contributed by atoms with E-state index in [9.17, 15) is 9.18 Å². The van der Waals surface area contributed by atoms with Crippen molar-refractivity contribution in [3.8, 4) is 0 Å². The van der Waals surface area contributed by atoms with E-state index in [1.807, 2.05) is 6.92 Å². The Morgan fingerprint density at radius 1 is 1.50 bits per heavy atom. The number of hydrogen-bond acceptors (Lipinski definition) is 3. The minimum absolute atomic E-state index is 0. The first-order valence-electron chi connectivity index (χ1n) is 6.70. The molecule has 124 valence electrons. The standard InChI is InChI=1S/C14H17Cl2FN2O2.ClH/c1-7(11-9(15)3-4-10(17)12(11)16)19-14(20)13-8(2)21-6-5-18-13;/h3-4,7-8,13,18H,5-6H2,1-2H3,(H,19,20);1H/t7?,8-,13+;/m1./s1. The molecule has 1 aromatic rings. The first-order valence-corrected chi connectivity index (χ1v) is 7.46. The van der Waals surface area contributed by atoms with Gasteiger partial charge in [-0.05, 0) is 26.0 Å². The van der Waals surface area contributed by atoms with Crippen LogP contribution in [0, 0.1) is 5.82 Å². The fourth-order valence-electron chi connectivity index (χ4n) is 2.34. The molecule has 2 N–H and O–H groups in total. The molecule has 1 unspecified atom stereocenters. The summed E-state index contributed by atoms with van der Waals surface area (Å²) in [5, 5.41) is 6.12. The van der Waals surface area contributed by atoms with Gasteiger partial charge in [0.2, 0.25) is 5.91 Å². The first kappa shape index (κ1) is 19.5. The van der Waals surface area contributed by atoms with Gasteiger partial charge in [0, 0.05) is 17.1 Å². The Morgan fingerprint density at radius 3 is 2.82 bits per heavy atom. The Bertz CT molecular complexity index is 545. The molecule has 0 aromatic heterocycles. The molecule has 1 aliphatic rings. The second-order valence-electron chi connectivity index (χ2n) is 4.99. The number of carbonyl (C=O) groups excluding carboxylic acids is 1. The van der Waals surface area contributed by atoms with E-state index in [2.05, 4.69) is 10.6 Å². The third kappa shape index (κ3) is 4.24. The van der Waals surface area contributed by atoms with E-state index in [4.69, 9.17) is 27.9 Å². The van der Waals surface area contributed by atoms with Gasteiger partial charge < -0.3 is 15.4 Å². The van der Waals surface area contributed by atoms with E-state index in [1.54, 1.807) is 6.92 Å². The number of hydrogen-bond donors (Lipinski definition) is 2. The van der Waals surface area contributed by atoms with E-state index in [0.29, 0.717) is 23.7 Å². The minimum Gasteiger partial charge on any atom is -0.375 e. The average Bonchev–Trinajstić information content (AvgIpc) is 2.43. The van der Waals surface area contributed by atoms with Gasteiger partial charge in [0.25, 0.3) is 0 Å². The maximum atomic E-state index is 13.5. The maximum Gasteiger partial charge on any atom is 0.240 e. The van der Waals surface area contributed by atoms with E-state index in [-0.39, 0.29) is 29.4 Å². The highest BCUT2D eigenvalue weighted by molar-refractivity contribution is 6.36. The van der Waals surface area contributed by atoms with Gasteiger partial charge in [-0.15, -0.1) is 12.4 Å². The van der Waals surface area contributed by atoms with Gasteiger partial charge in [0.15, 0.2) is 0 Å². The maximum absolute atomic E-state index is 13.5. The molecule has 1 saturated heterocycles. The molecule has 0 aliphatic carbocycles. The molecule has 22 heavy (non-hydrogen) atoms. The molecular weight excluding hydrogens is 354 g/mol. The van der Waals surface area contributed by atoms with Crippen LogP contribution in [-0.4, -0.2) is 31.2 Å². The van der Waals surface area contributed by atoms with Crippen molar-refractivity contribution in [2.45, 2.75) is 32.0 Å². The Labute approximate surface area is 145 Å². The van der Waals surface area contributed by atoms with E-state index in [0.717, 1.165) is 0 Å². The zero-order valence-electron chi connectivity index (χ0n) is 12.2. The molecule has 0 spiro atoms. The van der Waals surface area contributed by atoms with Crippen LogP contribution in [0.5, 0.6) is 0 Å². The van der Waals surface area contributed by atoms with E-state index < -0.39 is 17.9 Å². The topological polar surface area (TPSA) is 50.4 Å². The van der Waals surface area contributed by atoms with Crippen LogP contribution < -0.4 is 10.6 Å². The molecule has 0 radical (unpaired) electrons. The van der Waals surface area contributed by atoms with Crippen LogP contribution in [0.25, 0.3) is 0 Å². The highest BCUT2D eigenvalue weighted by Gasteiger charge is 2.30. The fourth-order valence-corrected chi connectivity index (χ4v) is 3.04. The summed E-state index contributed by atoms with van der Waals surface area (Å²) >= 11 is 12.0. The van der Waals surface area contributed by atoms with E-state index in [1.165, 1.54) is 12.1 Å². The summed E-state index contributed by atoms with van der Waals surface area (Å²) in [7, 11) is 0. The van der Waals surface area contributed by atoms with Crippen LogP contribution in [-0.2, 0) is 9.53 Å². The lowest BCUT2D eigenvalue weighted by Gasteiger charge is -2.30.